The van der Waals surface area contributed by atoms with Gasteiger partial charge in [-0.2, -0.15) is 5.10 Å². The minimum absolute atomic E-state index is 0.0269. The number of amides is 1. The van der Waals surface area contributed by atoms with Gasteiger partial charge in [0.15, 0.2) is 5.16 Å². The highest BCUT2D eigenvalue weighted by atomic mass is 32.2. The Hall–Kier alpha value is -2.20. The van der Waals surface area contributed by atoms with Crippen molar-refractivity contribution in [3.05, 3.63) is 39.0 Å². The highest BCUT2D eigenvalue weighted by molar-refractivity contribution is 7.98. The van der Waals surface area contributed by atoms with Crippen LogP contribution in [0.25, 0.3) is 0 Å². The summed E-state index contributed by atoms with van der Waals surface area (Å²) >= 11 is 2.43. The standard InChI is InChI=1S/C11H11N5O3S2/c1-15-8(5-12-11(15)20-2)10(17)14-13-4-7-3-9(16(18)19)21-6-7/h3-6H,1-2H3,(H,14,17). The zero-order chi connectivity index (χ0) is 15.4. The number of imidazole rings is 1. The normalized spacial score (nSPS) is 11.0. The molecule has 2 aromatic heterocycles. The summed E-state index contributed by atoms with van der Waals surface area (Å²) in [5.41, 5.74) is 3.30. The predicted molar refractivity (Wildman–Crippen MR) is 81.0 cm³/mol. The third-order valence-corrected chi connectivity index (χ3v) is 4.17. The van der Waals surface area contributed by atoms with E-state index in [9.17, 15) is 14.9 Å². The molecule has 21 heavy (non-hydrogen) atoms. The van der Waals surface area contributed by atoms with Crippen molar-refractivity contribution >= 4 is 40.2 Å². The lowest BCUT2D eigenvalue weighted by Crippen LogP contribution is -2.20. The fraction of sp³-hybridized carbons (Fsp3) is 0.182. The van der Waals surface area contributed by atoms with Crippen LogP contribution in [0, 0.1) is 10.1 Å². The number of nitrogens with one attached hydrogen (secondary N) is 1. The lowest BCUT2D eigenvalue weighted by Gasteiger charge is -2.02. The second-order valence-electron chi connectivity index (χ2n) is 3.86. The van der Waals surface area contributed by atoms with E-state index in [0.717, 1.165) is 16.5 Å². The van der Waals surface area contributed by atoms with E-state index in [1.54, 1.807) is 17.0 Å². The maximum absolute atomic E-state index is 11.9. The maximum atomic E-state index is 11.9. The van der Waals surface area contributed by atoms with Gasteiger partial charge in [0.25, 0.3) is 5.91 Å². The molecule has 10 heteroatoms. The Balaban J connectivity index is 2.01. The third kappa shape index (κ3) is 3.47. The Morgan fingerprint density at radius 1 is 1.67 bits per heavy atom. The molecule has 8 nitrogen and oxygen atoms in total. The van der Waals surface area contributed by atoms with Gasteiger partial charge in [-0.05, 0) is 6.26 Å². The van der Waals surface area contributed by atoms with Gasteiger partial charge in [-0.25, -0.2) is 10.4 Å². The van der Waals surface area contributed by atoms with Crippen molar-refractivity contribution < 1.29 is 9.72 Å². The highest BCUT2D eigenvalue weighted by Gasteiger charge is 2.13. The minimum atomic E-state index is -0.472. The van der Waals surface area contributed by atoms with Crippen molar-refractivity contribution in [3.63, 3.8) is 0 Å². The topological polar surface area (TPSA) is 102 Å². The van der Waals surface area contributed by atoms with Crippen molar-refractivity contribution in [1.29, 1.82) is 0 Å². The summed E-state index contributed by atoms with van der Waals surface area (Å²) in [6, 6.07) is 1.39. The van der Waals surface area contributed by atoms with Gasteiger partial charge >= 0.3 is 5.00 Å². The molecule has 0 spiro atoms. The molecule has 1 amide bonds. The fourth-order valence-corrected chi connectivity index (χ4v) is 2.72. The zero-order valence-corrected chi connectivity index (χ0v) is 12.8. The molecule has 0 aliphatic carbocycles. The monoisotopic (exact) mass is 325 g/mol. The van der Waals surface area contributed by atoms with Crippen LogP contribution in [0.1, 0.15) is 16.1 Å². The summed E-state index contributed by atoms with van der Waals surface area (Å²) in [6.07, 6.45) is 4.69. The molecule has 2 rings (SSSR count). The Bertz CT molecular complexity index is 707. The van der Waals surface area contributed by atoms with Crippen molar-refractivity contribution in [3.8, 4) is 0 Å². The Morgan fingerprint density at radius 2 is 2.43 bits per heavy atom. The summed E-state index contributed by atoms with van der Waals surface area (Å²) < 4.78 is 1.66. The van der Waals surface area contributed by atoms with Crippen LogP contribution in [0.2, 0.25) is 0 Å². The molecule has 0 aliphatic rings. The van der Waals surface area contributed by atoms with Crippen molar-refractivity contribution in [2.24, 2.45) is 12.1 Å². The third-order valence-electron chi connectivity index (χ3n) is 2.53. The first-order chi connectivity index (χ1) is 10.0. The number of rotatable bonds is 5. The number of aromatic nitrogens is 2. The molecule has 110 valence electrons. The van der Waals surface area contributed by atoms with E-state index in [0.29, 0.717) is 11.3 Å². The van der Waals surface area contributed by atoms with Gasteiger partial charge in [0, 0.05) is 24.1 Å². The molecule has 0 aliphatic heterocycles. The number of hydrogen-bond donors (Lipinski definition) is 1. The van der Waals surface area contributed by atoms with Crippen LogP contribution in [0.4, 0.5) is 5.00 Å². The summed E-state index contributed by atoms with van der Waals surface area (Å²) in [5, 5.41) is 16.7. The maximum Gasteiger partial charge on any atom is 0.324 e. The Labute approximate surface area is 128 Å². The van der Waals surface area contributed by atoms with Gasteiger partial charge in [0.1, 0.15) is 5.69 Å². The molecular formula is C11H11N5O3S2. The number of hydrazone groups is 1. The van der Waals surface area contributed by atoms with Gasteiger partial charge < -0.3 is 4.57 Å². The van der Waals surface area contributed by atoms with Gasteiger partial charge in [-0.3, -0.25) is 14.9 Å². The van der Waals surface area contributed by atoms with E-state index in [2.05, 4.69) is 15.5 Å². The molecule has 1 N–H and O–H groups in total. The Kier molecular flexibility index (Phi) is 4.70. The quantitative estimate of drug-likeness (QED) is 0.391. The second kappa shape index (κ2) is 6.50. The van der Waals surface area contributed by atoms with Crippen LogP contribution in [-0.4, -0.2) is 32.9 Å². The molecule has 0 saturated heterocycles. The van der Waals surface area contributed by atoms with Crippen LogP contribution in [0.5, 0.6) is 0 Å². The number of hydrogen-bond acceptors (Lipinski definition) is 7. The van der Waals surface area contributed by atoms with Crippen molar-refractivity contribution in [2.75, 3.05) is 6.26 Å². The predicted octanol–water partition coefficient (Wildman–Crippen LogP) is 1.88. The van der Waals surface area contributed by atoms with E-state index in [4.69, 9.17) is 0 Å². The summed E-state index contributed by atoms with van der Waals surface area (Å²) in [6.45, 7) is 0. The van der Waals surface area contributed by atoms with E-state index in [1.807, 2.05) is 6.26 Å². The molecule has 2 aromatic rings. The first kappa shape index (κ1) is 15.2. The number of carbonyl (C=O) groups excluding carboxylic acids is 1. The second-order valence-corrected chi connectivity index (χ2v) is 5.53. The van der Waals surface area contributed by atoms with Crippen LogP contribution in [0.3, 0.4) is 0 Å². The van der Waals surface area contributed by atoms with E-state index in [1.165, 1.54) is 30.2 Å². The van der Waals surface area contributed by atoms with Crippen LogP contribution in [0.15, 0.2) is 27.9 Å². The fourth-order valence-electron chi connectivity index (χ4n) is 1.52. The average molecular weight is 325 g/mol. The van der Waals surface area contributed by atoms with Crippen LogP contribution < -0.4 is 5.43 Å². The molecule has 0 unspecified atom stereocenters. The van der Waals surface area contributed by atoms with Gasteiger partial charge in [-0.1, -0.05) is 23.1 Å². The number of thiophene rings is 1. The highest BCUT2D eigenvalue weighted by Crippen LogP contribution is 2.21. The van der Waals surface area contributed by atoms with Crippen LogP contribution >= 0.6 is 23.1 Å². The number of nitrogens with zero attached hydrogens (tertiary/aromatic N) is 4. The van der Waals surface area contributed by atoms with Crippen molar-refractivity contribution in [1.82, 2.24) is 15.0 Å². The molecule has 2 heterocycles. The summed E-state index contributed by atoms with van der Waals surface area (Å²) in [5.74, 6) is -0.397. The molecule has 0 fully saturated rings. The lowest BCUT2D eigenvalue weighted by atomic mass is 10.4. The molecule has 0 bridgehead atoms. The van der Waals surface area contributed by atoms with E-state index >= 15 is 0 Å². The first-order valence-corrected chi connectivity index (χ1v) is 7.75. The minimum Gasteiger partial charge on any atom is -0.318 e. The first-order valence-electron chi connectivity index (χ1n) is 5.65. The molecule has 0 atom stereocenters. The number of thioether (sulfide) groups is 1. The lowest BCUT2D eigenvalue weighted by molar-refractivity contribution is -0.380. The van der Waals surface area contributed by atoms with E-state index in [-0.39, 0.29) is 5.00 Å². The van der Waals surface area contributed by atoms with Gasteiger partial charge in [-0.15, -0.1) is 0 Å². The average Bonchev–Trinajstić information content (AvgIpc) is 3.05. The largest absolute Gasteiger partial charge is 0.324 e. The SMILES string of the molecule is CSc1ncc(C(=O)NN=Cc2csc([N+](=O)[O-])c2)n1C. The molecule has 0 radical (unpaired) electrons. The van der Waals surface area contributed by atoms with Crippen molar-refractivity contribution in [2.45, 2.75) is 5.16 Å². The van der Waals surface area contributed by atoms with E-state index < -0.39 is 10.8 Å². The number of carbonyl (C=O) groups is 1. The van der Waals surface area contributed by atoms with Gasteiger partial charge in [0.2, 0.25) is 0 Å². The summed E-state index contributed by atoms with van der Waals surface area (Å²) in [4.78, 5) is 26.0. The van der Waals surface area contributed by atoms with Gasteiger partial charge in [0.05, 0.1) is 17.3 Å². The summed E-state index contributed by atoms with van der Waals surface area (Å²) in [7, 11) is 1.74. The molecule has 0 aromatic carbocycles. The Morgan fingerprint density at radius 3 is 3.00 bits per heavy atom. The zero-order valence-electron chi connectivity index (χ0n) is 11.1. The number of nitro groups is 1. The smallest absolute Gasteiger partial charge is 0.318 e. The molecule has 0 saturated carbocycles. The molecular weight excluding hydrogens is 314 g/mol. The van der Waals surface area contributed by atoms with Crippen LogP contribution in [-0.2, 0) is 7.05 Å².